The van der Waals surface area contributed by atoms with Gasteiger partial charge in [0.1, 0.15) is 42.7 Å². The Bertz CT molecular complexity index is 2900. The van der Waals surface area contributed by atoms with Gasteiger partial charge in [0.15, 0.2) is 0 Å². The molecule has 31 nitrogen and oxygen atoms in total. The van der Waals surface area contributed by atoms with Gasteiger partial charge in [-0.15, -0.1) is 0 Å². The molecule has 11 unspecified atom stereocenters. The molecule has 0 amide bonds. The predicted octanol–water partition coefficient (Wildman–Crippen LogP) is 15.6. The zero-order valence-electron chi connectivity index (χ0n) is 80.4. The van der Waals surface area contributed by atoms with Crippen LogP contribution in [-0.4, -0.2) is 221 Å². The van der Waals surface area contributed by atoms with E-state index in [0.717, 1.165) is 82.8 Å². The summed E-state index contributed by atoms with van der Waals surface area (Å²) >= 11 is 4.71. The van der Waals surface area contributed by atoms with Crippen molar-refractivity contribution in [1.29, 1.82) is 0 Å². The first-order valence-electron chi connectivity index (χ1n) is 45.4. The molecule has 0 saturated carbocycles. The van der Waals surface area contributed by atoms with Gasteiger partial charge >= 0.3 is 71.6 Å². The predicted molar refractivity (Wildman–Crippen MR) is 478 cm³/mol. The van der Waals surface area contributed by atoms with Crippen LogP contribution in [0.3, 0.4) is 0 Å². The summed E-state index contributed by atoms with van der Waals surface area (Å²) in [5.74, 6) is -3.79. The summed E-state index contributed by atoms with van der Waals surface area (Å²) in [5, 5.41) is 57.5. The molecule has 1 rings (SSSR count). The van der Waals surface area contributed by atoms with Gasteiger partial charge in [-0.2, -0.15) is 0 Å². The van der Waals surface area contributed by atoms with Gasteiger partial charge in [-0.05, 0) is 193 Å². The summed E-state index contributed by atoms with van der Waals surface area (Å²) in [6.45, 7) is 43.3. The van der Waals surface area contributed by atoms with E-state index in [1.54, 1.807) is 27.7 Å². The molecule has 0 aromatic rings. The molecule has 126 heavy (non-hydrogen) atoms. The molecular formula is C94H167ClO31. The Morgan fingerprint density at radius 2 is 0.635 bits per heavy atom. The molecule has 1 fully saturated rings. The first kappa shape index (κ1) is 127. The molecule has 32 heteroatoms. The van der Waals surface area contributed by atoms with Crippen molar-refractivity contribution < 1.29 is 150 Å². The molecule has 0 radical (unpaired) electrons. The van der Waals surface area contributed by atoms with Gasteiger partial charge in [0.2, 0.25) is 5.24 Å². The van der Waals surface area contributed by atoms with Gasteiger partial charge in [-0.1, -0.05) is 109 Å². The minimum atomic E-state index is -0.682. The van der Waals surface area contributed by atoms with Crippen LogP contribution in [0.1, 0.15) is 363 Å². The van der Waals surface area contributed by atoms with Crippen LogP contribution in [0.4, 0.5) is 0 Å². The first-order chi connectivity index (χ1) is 59.0. The lowest BCUT2D eigenvalue weighted by molar-refractivity contribution is -0.166. The zero-order valence-corrected chi connectivity index (χ0v) is 81.1. The molecule has 0 spiro atoms. The molecule has 0 aliphatic carbocycles. The number of ether oxygens (including phenoxy) is 12. The smallest absolute Gasteiger partial charge is 0.330 e. The van der Waals surface area contributed by atoms with Crippen LogP contribution < -0.4 is 0 Å². The van der Waals surface area contributed by atoms with E-state index in [9.17, 15) is 82.8 Å². The zero-order chi connectivity index (χ0) is 97.5. The summed E-state index contributed by atoms with van der Waals surface area (Å²) in [7, 11) is 0. The molecule has 1 aliphatic heterocycles. The van der Waals surface area contributed by atoms with E-state index in [2.05, 4.69) is 13.2 Å². The lowest BCUT2D eigenvalue weighted by Gasteiger charge is -2.38. The third-order valence-corrected chi connectivity index (χ3v) is 21.4. The average molecular weight is 1830 g/mol. The highest BCUT2D eigenvalue weighted by atomic mass is 35.5. The van der Waals surface area contributed by atoms with Gasteiger partial charge in [-0.25, -0.2) is 4.79 Å². The molecule has 0 aromatic heterocycles. The number of aliphatic hydroxyl groups excluding tert-OH is 6. The third kappa shape index (κ3) is 69.8. The topological polar surface area (TPSA) is 454 Å². The van der Waals surface area contributed by atoms with E-state index in [4.69, 9.17) is 78.7 Å². The van der Waals surface area contributed by atoms with E-state index in [-0.39, 0.29) is 91.7 Å². The van der Waals surface area contributed by atoms with Crippen molar-refractivity contribution in [2.45, 2.75) is 430 Å². The number of carbonyl (C=O) groups excluding carboxylic acids is 13. The van der Waals surface area contributed by atoms with Gasteiger partial charge < -0.3 is 87.5 Å². The van der Waals surface area contributed by atoms with Crippen LogP contribution in [-0.2, 0) is 119 Å². The molecule has 6 N–H and O–H groups in total. The standard InChI is InChI=1S/C27H46O9.2C24H44O8.C10H20O3.C6H10O2.C3H3ClO/c1-7-22(29)27(5,6)23(36-21(4)28)19-20(3)35-26(32)16-12-10-14-18-34-25(31)15-11-9-13-17-33-24(30)8-2;2*1-6-20(27)24(4,5)21(32-19(3)26)17-18(2)31-23(29)14-10-8-12-16-30-22(28)13-9-7-11-15-25;1-6-9(12)10(4,5)7(2)13-8(3)11;7-6-4-2-1-3-5-8-6;1-2-3(4)5/h8,20,22-23,29H,2,7,9-19H2,1,3-6H3;2*18,20-21,25,27H,6-17H2,1-5H3;7,9,12H,6H2,1-5H3;1-5H2;2H,1H2. The van der Waals surface area contributed by atoms with Crippen LogP contribution in [0, 0.1) is 21.7 Å². The summed E-state index contributed by atoms with van der Waals surface area (Å²) < 4.78 is 62.9. The largest absolute Gasteiger partial charge is 0.466 e. The van der Waals surface area contributed by atoms with Gasteiger partial charge in [0.05, 0.1) is 57.5 Å². The number of hydrogen-bond donors (Lipinski definition) is 6. The maximum absolute atomic E-state index is 12.2. The number of cyclic esters (lactones) is 1. The lowest BCUT2D eigenvalue weighted by atomic mass is 9.77. The molecule has 1 aliphatic rings. The molecule has 736 valence electrons. The number of allylic oxidation sites excluding steroid dienone is 1. The van der Waals surface area contributed by atoms with Crippen molar-refractivity contribution in [2.24, 2.45) is 21.7 Å². The number of esters is 12. The normalized spacial score (nSPS) is 14.5. The Morgan fingerprint density at radius 3 is 0.889 bits per heavy atom. The first-order valence-corrected chi connectivity index (χ1v) is 45.8. The van der Waals surface area contributed by atoms with Crippen LogP contribution in [0.15, 0.2) is 25.3 Å². The number of halogens is 1. The Hall–Kier alpha value is -7.16. The number of rotatable bonds is 61. The van der Waals surface area contributed by atoms with Crippen molar-refractivity contribution in [3.63, 3.8) is 0 Å². The molecular weight excluding hydrogens is 1660 g/mol. The Morgan fingerprint density at radius 1 is 0.373 bits per heavy atom. The van der Waals surface area contributed by atoms with Gasteiger partial charge in [-0.3, -0.25) is 57.5 Å². The van der Waals surface area contributed by atoms with Crippen molar-refractivity contribution >= 4 is 88.5 Å². The third-order valence-electron chi connectivity index (χ3n) is 21.3. The van der Waals surface area contributed by atoms with Crippen LogP contribution in [0.25, 0.3) is 0 Å². The fourth-order valence-electron chi connectivity index (χ4n) is 12.6. The van der Waals surface area contributed by atoms with E-state index >= 15 is 0 Å². The fourth-order valence-corrected chi connectivity index (χ4v) is 12.6. The summed E-state index contributed by atoms with van der Waals surface area (Å²) in [4.78, 5) is 147. The van der Waals surface area contributed by atoms with E-state index in [1.165, 1.54) is 27.7 Å². The quantitative estimate of drug-likeness (QED) is 0.0108. The fraction of sp³-hybridized carbons (Fsp3) is 0.819. The lowest BCUT2D eigenvalue weighted by Crippen LogP contribution is -2.44. The van der Waals surface area contributed by atoms with Crippen molar-refractivity contribution in [2.75, 3.05) is 46.2 Å². The highest BCUT2D eigenvalue weighted by molar-refractivity contribution is 6.66. The number of hydrogen-bond acceptors (Lipinski definition) is 31. The maximum Gasteiger partial charge on any atom is 0.330 e. The van der Waals surface area contributed by atoms with Crippen molar-refractivity contribution in [1.82, 2.24) is 0 Å². The summed E-state index contributed by atoms with van der Waals surface area (Å²) in [6.07, 6.45) is 17.9. The van der Waals surface area contributed by atoms with Crippen LogP contribution in [0.5, 0.6) is 0 Å². The Balaban J connectivity index is -0.000000506. The second-order valence-electron chi connectivity index (χ2n) is 34.0. The minimum absolute atomic E-state index is 0.0255. The maximum atomic E-state index is 12.2. The van der Waals surface area contributed by atoms with Crippen LogP contribution in [0.2, 0.25) is 0 Å². The highest BCUT2D eigenvalue weighted by Crippen LogP contribution is 2.37. The van der Waals surface area contributed by atoms with E-state index < -0.39 is 106 Å². The monoisotopic (exact) mass is 1830 g/mol. The van der Waals surface area contributed by atoms with Gasteiger partial charge in [0, 0.05) is 133 Å². The Kier molecular flexibility index (Phi) is 77.5. The second kappa shape index (κ2) is 76.7. The highest BCUT2D eigenvalue weighted by Gasteiger charge is 2.42. The number of carbonyl (C=O) groups is 13. The second-order valence-corrected chi connectivity index (χ2v) is 34.4. The molecule has 0 bridgehead atoms. The van der Waals surface area contributed by atoms with Crippen molar-refractivity contribution in [3.8, 4) is 0 Å². The SMILES string of the molecule is C=CC(=O)Cl.C=CC(=O)OCCCCCC(=O)OCCCCCC(=O)OC(C)CC(OC(C)=O)C(C)(C)C(O)CC.CCC(O)C(C)(C)C(C)OC(C)=O.CCC(O)C(C)(C)C(CC(C)OC(=O)CCCCCOC(=O)CCCCCO)OC(C)=O.CCC(O)C(C)(C)C(CC(C)OC(=O)CCCCCOC(=O)CCCCCO)OC(C)=O.O=C1CCCCCO1. The molecule has 1 heterocycles. The van der Waals surface area contributed by atoms with Crippen LogP contribution >= 0.6 is 11.6 Å². The molecule has 0 aromatic carbocycles. The summed E-state index contributed by atoms with van der Waals surface area (Å²) in [5.41, 5.74) is -2.41. The number of unbranched alkanes of at least 4 members (excludes halogenated alkanes) is 12. The minimum Gasteiger partial charge on any atom is -0.466 e. The van der Waals surface area contributed by atoms with E-state index in [0.29, 0.717) is 168 Å². The molecule has 11 atom stereocenters. The van der Waals surface area contributed by atoms with E-state index in [1.807, 2.05) is 83.1 Å². The number of aliphatic hydroxyl groups is 6. The van der Waals surface area contributed by atoms with Gasteiger partial charge in [0.25, 0.3) is 0 Å². The Labute approximate surface area is 758 Å². The van der Waals surface area contributed by atoms with Crippen molar-refractivity contribution in [3.05, 3.63) is 25.3 Å². The summed E-state index contributed by atoms with van der Waals surface area (Å²) in [6, 6.07) is 0. The average Bonchev–Trinajstić information content (AvgIpc) is 0.860. The molecule has 1 saturated heterocycles.